The lowest BCUT2D eigenvalue weighted by Gasteiger charge is -2.40. The molecule has 1 aliphatic rings. The second kappa shape index (κ2) is 28.2. The van der Waals surface area contributed by atoms with E-state index in [2.05, 4.69) is 43.5 Å². The Labute approximate surface area is 284 Å². The van der Waals surface area contributed by atoms with Gasteiger partial charge in [-0.2, -0.15) is 0 Å². The van der Waals surface area contributed by atoms with Crippen molar-refractivity contribution in [3.8, 4) is 0 Å². The van der Waals surface area contributed by atoms with Crippen LogP contribution >= 0.6 is 0 Å². The number of aliphatic hydroxyl groups is 6. The van der Waals surface area contributed by atoms with Gasteiger partial charge in [0, 0.05) is 0 Å². The average molecular weight is 670 g/mol. The van der Waals surface area contributed by atoms with Crippen LogP contribution in [0, 0.1) is 0 Å². The lowest BCUT2D eigenvalue weighted by Crippen LogP contribution is -2.60. The van der Waals surface area contributed by atoms with Gasteiger partial charge >= 0.3 is 0 Å². The number of unbranched alkanes of at least 4 members (excludes halogenated alkanes) is 13. The Bertz CT molecular complexity index is 850. The SMILES string of the molecule is CCCCCC/C=C/CC/C=C/CC/C=C/C(O)C(COC1OC(CO)C(O)C(O)C1O)NC(=O)C(O)CCCCCCCCCC. The van der Waals surface area contributed by atoms with Crippen molar-refractivity contribution in [2.75, 3.05) is 13.2 Å². The number of nitrogens with one attached hydrogen (secondary N) is 1. The number of hydrogen-bond acceptors (Lipinski definition) is 9. The molecule has 0 aromatic rings. The van der Waals surface area contributed by atoms with E-state index >= 15 is 0 Å². The first kappa shape index (κ1) is 43.4. The Morgan fingerprint density at radius 3 is 1.85 bits per heavy atom. The number of carbonyl (C=O) groups is 1. The van der Waals surface area contributed by atoms with E-state index < -0.39 is 61.5 Å². The molecule has 1 fully saturated rings. The molecule has 10 nitrogen and oxygen atoms in total. The number of amides is 1. The summed E-state index contributed by atoms with van der Waals surface area (Å²) in [6.07, 6.45) is 21.1. The zero-order valence-electron chi connectivity index (χ0n) is 29.1. The first-order chi connectivity index (χ1) is 22.8. The molecule has 7 N–H and O–H groups in total. The third-order valence-corrected chi connectivity index (χ3v) is 8.55. The van der Waals surface area contributed by atoms with Crippen LogP contribution in [0.4, 0.5) is 0 Å². The summed E-state index contributed by atoms with van der Waals surface area (Å²) in [5.74, 6) is -0.638. The number of allylic oxidation sites excluding steroid dienone is 5. The number of hydrogen-bond donors (Lipinski definition) is 7. The van der Waals surface area contributed by atoms with Crippen LogP contribution in [0.25, 0.3) is 0 Å². The first-order valence-electron chi connectivity index (χ1n) is 18.3. The number of rotatable bonds is 28. The topological polar surface area (TPSA) is 169 Å². The highest BCUT2D eigenvalue weighted by Crippen LogP contribution is 2.22. The number of carbonyl (C=O) groups excluding carboxylic acids is 1. The van der Waals surface area contributed by atoms with E-state index in [1.165, 1.54) is 51.4 Å². The van der Waals surface area contributed by atoms with E-state index in [0.29, 0.717) is 19.3 Å². The van der Waals surface area contributed by atoms with E-state index in [9.17, 15) is 35.4 Å². The molecule has 0 aromatic carbocycles. The van der Waals surface area contributed by atoms with Gasteiger partial charge in [0.2, 0.25) is 5.91 Å². The standard InChI is InChI=1S/C37H67NO9/c1-3-5-7-9-11-13-14-15-16-17-18-20-21-23-25-30(40)29(28-46-37-35(44)34(43)33(42)32(27-39)47-37)38-36(45)31(41)26-24-22-19-12-10-8-6-4-2/h13-14,17-18,23,25,29-35,37,39-44H,3-12,15-16,19-22,24,26-28H2,1-2H3,(H,38,45)/b14-13+,18-17+,25-23+. The van der Waals surface area contributed by atoms with Gasteiger partial charge in [-0.25, -0.2) is 0 Å². The van der Waals surface area contributed by atoms with E-state index in [1.54, 1.807) is 6.08 Å². The molecule has 0 aromatic heterocycles. The predicted octanol–water partition coefficient (Wildman–Crippen LogP) is 4.74. The van der Waals surface area contributed by atoms with Crippen molar-refractivity contribution in [3.05, 3.63) is 36.5 Å². The van der Waals surface area contributed by atoms with Gasteiger partial charge in [0.15, 0.2) is 6.29 Å². The Hall–Kier alpha value is -1.63. The fraction of sp³-hybridized carbons (Fsp3) is 0.811. The normalized spacial score (nSPS) is 24.0. The molecule has 10 heteroatoms. The molecule has 274 valence electrons. The minimum absolute atomic E-state index is 0.300. The first-order valence-corrected chi connectivity index (χ1v) is 18.3. The maximum absolute atomic E-state index is 12.9. The third-order valence-electron chi connectivity index (χ3n) is 8.55. The highest BCUT2D eigenvalue weighted by Gasteiger charge is 2.44. The maximum atomic E-state index is 12.9. The fourth-order valence-electron chi connectivity index (χ4n) is 5.43. The summed E-state index contributed by atoms with van der Waals surface area (Å²) in [5.41, 5.74) is 0. The van der Waals surface area contributed by atoms with Gasteiger partial charge < -0.3 is 45.4 Å². The molecule has 1 aliphatic heterocycles. The van der Waals surface area contributed by atoms with E-state index in [1.807, 2.05) is 6.08 Å². The van der Waals surface area contributed by atoms with Gasteiger partial charge in [-0.15, -0.1) is 0 Å². The smallest absolute Gasteiger partial charge is 0.249 e. The molecule has 1 amide bonds. The fourth-order valence-corrected chi connectivity index (χ4v) is 5.43. The minimum atomic E-state index is -1.61. The van der Waals surface area contributed by atoms with Gasteiger partial charge in [0.25, 0.3) is 0 Å². The zero-order valence-corrected chi connectivity index (χ0v) is 29.1. The van der Waals surface area contributed by atoms with Gasteiger partial charge in [0.1, 0.15) is 30.5 Å². The molecule has 8 unspecified atom stereocenters. The molecular formula is C37H67NO9. The van der Waals surface area contributed by atoms with Crippen molar-refractivity contribution in [2.24, 2.45) is 0 Å². The van der Waals surface area contributed by atoms with Crippen LogP contribution in [-0.2, 0) is 14.3 Å². The van der Waals surface area contributed by atoms with Crippen molar-refractivity contribution in [3.63, 3.8) is 0 Å². The van der Waals surface area contributed by atoms with Crippen molar-refractivity contribution in [1.82, 2.24) is 5.32 Å². The Balaban J connectivity index is 2.61. The predicted molar refractivity (Wildman–Crippen MR) is 186 cm³/mol. The van der Waals surface area contributed by atoms with Crippen LogP contribution in [0.15, 0.2) is 36.5 Å². The number of aliphatic hydroxyl groups excluding tert-OH is 6. The highest BCUT2D eigenvalue weighted by molar-refractivity contribution is 5.80. The van der Waals surface area contributed by atoms with E-state index in [0.717, 1.165) is 44.9 Å². The second-order valence-corrected chi connectivity index (χ2v) is 12.8. The summed E-state index contributed by atoms with van der Waals surface area (Å²) >= 11 is 0. The van der Waals surface area contributed by atoms with E-state index in [-0.39, 0.29) is 6.61 Å². The summed E-state index contributed by atoms with van der Waals surface area (Å²) in [5, 5.41) is 64.0. The lowest BCUT2D eigenvalue weighted by molar-refractivity contribution is -0.302. The Morgan fingerprint density at radius 2 is 1.26 bits per heavy atom. The average Bonchev–Trinajstić information content (AvgIpc) is 3.07. The van der Waals surface area contributed by atoms with Crippen molar-refractivity contribution in [1.29, 1.82) is 0 Å². The van der Waals surface area contributed by atoms with Crippen LogP contribution < -0.4 is 5.32 Å². The highest BCUT2D eigenvalue weighted by atomic mass is 16.7. The summed E-state index contributed by atoms with van der Waals surface area (Å²) in [7, 11) is 0. The molecule has 0 radical (unpaired) electrons. The van der Waals surface area contributed by atoms with Crippen LogP contribution in [0.3, 0.4) is 0 Å². The maximum Gasteiger partial charge on any atom is 0.249 e. The van der Waals surface area contributed by atoms with Crippen molar-refractivity contribution < 1.29 is 44.9 Å². The van der Waals surface area contributed by atoms with E-state index in [4.69, 9.17) is 9.47 Å². The van der Waals surface area contributed by atoms with Crippen molar-refractivity contribution in [2.45, 2.75) is 178 Å². The monoisotopic (exact) mass is 669 g/mol. The van der Waals surface area contributed by atoms with Crippen LogP contribution in [0.2, 0.25) is 0 Å². The summed E-state index contributed by atoms with van der Waals surface area (Å²) in [4.78, 5) is 12.9. The van der Waals surface area contributed by atoms with Crippen LogP contribution in [-0.4, -0.2) is 98.7 Å². The minimum Gasteiger partial charge on any atom is -0.394 e. The zero-order chi connectivity index (χ0) is 34.7. The van der Waals surface area contributed by atoms with Gasteiger partial charge in [-0.3, -0.25) is 4.79 Å². The van der Waals surface area contributed by atoms with Gasteiger partial charge in [-0.05, 0) is 44.9 Å². The molecule has 0 aliphatic carbocycles. The quantitative estimate of drug-likeness (QED) is 0.0460. The second-order valence-electron chi connectivity index (χ2n) is 12.8. The van der Waals surface area contributed by atoms with Gasteiger partial charge in [-0.1, -0.05) is 121 Å². The third kappa shape index (κ3) is 19.8. The molecule has 1 heterocycles. The Morgan fingerprint density at radius 1 is 0.723 bits per heavy atom. The Kier molecular flexibility index (Phi) is 26.1. The van der Waals surface area contributed by atoms with Gasteiger partial charge in [0.05, 0.1) is 25.4 Å². The van der Waals surface area contributed by atoms with Crippen LogP contribution in [0.5, 0.6) is 0 Å². The summed E-state index contributed by atoms with van der Waals surface area (Å²) in [6.45, 7) is 3.47. The van der Waals surface area contributed by atoms with Crippen LogP contribution in [0.1, 0.15) is 129 Å². The molecular weight excluding hydrogens is 602 g/mol. The summed E-state index contributed by atoms with van der Waals surface area (Å²) in [6, 6.07) is -0.997. The largest absolute Gasteiger partial charge is 0.394 e. The molecule has 1 saturated heterocycles. The molecule has 47 heavy (non-hydrogen) atoms. The molecule has 0 saturated carbocycles. The lowest BCUT2D eigenvalue weighted by atomic mass is 9.99. The molecule has 1 rings (SSSR count). The molecule has 8 atom stereocenters. The van der Waals surface area contributed by atoms with Crippen molar-refractivity contribution >= 4 is 5.91 Å². The molecule has 0 bridgehead atoms. The summed E-state index contributed by atoms with van der Waals surface area (Å²) < 4.78 is 11.0. The number of ether oxygens (including phenoxy) is 2. The molecule has 0 spiro atoms.